The molecule has 0 aromatic rings. The molecule has 0 aromatic heterocycles. The molecule has 51 heavy (non-hydrogen) atoms. The fourth-order valence-corrected chi connectivity index (χ4v) is 9.03. The van der Waals surface area contributed by atoms with Crippen LogP contribution in [0.4, 0.5) is 0 Å². The number of likely N-dealkylation sites (N-methyl/N-ethyl adjacent to an activating group) is 1. The maximum Gasteiger partial charge on any atom is 0.246 e. The van der Waals surface area contributed by atoms with E-state index >= 15 is 0 Å². The molecule has 5 N–H and O–H groups in total. The largest absolute Gasteiger partial charge is 0.356 e. The first kappa shape index (κ1) is 41.1. The van der Waals surface area contributed by atoms with Crippen LogP contribution in [0.1, 0.15) is 137 Å². The van der Waals surface area contributed by atoms with Crippen LogP contribution in [0.2, 0.25) is 0 Å². The second kappa shape index (κ2) is 19.4. The van der Waals surface area contributed by atoms with Crippen molar-refractivity contribution in [2.75, 3.05) is 26.7 Å². The lowest BCUT2D eigenvalue weighted by Crippen LogP contribution is -2.60. The van der Waals surface area contributed by atoms with Gasteiger partial charge in [0.15, 0.2) is 0 Å². The topological polar surface area (TPSA) is 149 Å². The molecule has 0 spiro atoms. The average Bonchev–Trinajstić information content (AvgIpc) is 3.64. The zero-order chi connectivity index (χ0) is 37.1. The van der Waals surface area contributed by atoms with E-state index in [-0.39, 0.29) is 53.3 Å². The van der Waals surface area contributed by atoms with Gasteiger partial charge in [-0.2, -0.15) is 0 Å². The van der Waals surface area contributed by atoms with Crippen molar-refractivity contribution < 1.29 is 24.0 Å². The molecular formula is C40H70N6O5. The first-order valence-corrected chi connectivity index (χ1v) is 20.5. The Hall–Kier alpha value is -2.69. The molecule has 3 saturated carbocycles. The summed E-state index contributed by atoms with van der Waals surface area (Å²) < 4.78 is 0. The zero-order valence-electron chi connectivity index (χ0n) is 32.6. The minimum Gasteiger partial charge on any atom is -0.356 e. The van der Waals surface area contributed by atoms with Gasteiger partial charge >= 0.3 is 0 Å². The van der Waals surface area contributed by atoms with Crippen molar-refractivity contribution >= 4 is 29.5 Å². The lowest BCUT2D eigenvalue weighted by molar-refractivity contribution is -0.144. The summed E-state index contributed by atoms with van der Waals surface area (Å²) in [6, 6.07) is -2.13. The van der Waals surface area contributed by atoms with Crippen molar-refractivity contribution in [3.8, 4) is 0 Å². The second-order valence-corrected chi connectivity index (χ2v) is 17.4. The van der Waals surface area contributed by atoms with Gasteiger partial charge in [0.25, 0.3) is 0 Å². The van der Waals surface area contributed by atoms with Gasteiger partial charge in [-0.3, -0.25) is 24.0 Å². The Morgan fingerprint density at radius 3 is 1.73 bits per heavy atom. The zero-order valence-corrected chi connectivity index (χ0v) is 32.6. The van der Waals surface area contributed by atoms with E-state index < -0.39 is 23.5 Å². The summed E-state index contributed by atoms with van der Waals surface area (Å²) in [4.78, 5) is 69.8. The number of nitrogens with one attached hydrogen (secondary N) is 5. The average molecular weight is 715 g/mol. The fraction of sp³-hybridized carbons (Fsp3) is 0.875. The molecule has 11 nitrogen and oxygen atoms in total. The molecule has 7 atom stereocenters. The Morgan fingerprint density at radius 2 is 1.18 bits per heavy atom. The molecule has 1 heterocycles. The van der Waals surface area contributed by atoms with Gasteiger partial charge < -0.3 is 31.5 Å². The van der Waals surface area contributed by atoms with Crippen molar-refractivity contribution in [3.05, 3.63) is 0 Å². The molecule has 4 fully saturated rings. The number of amides is 5. The van der Waals surface area contributed by atoms with Crippen LogP contribution in [0, 0.1) is 35.0 Å². The van der Waals surface area contributed by atoms with Crippen LogP contribution in [-0.2, 0) is 24.0 Å². The molecule has 290 valence electrons. The summed E-state index contributed by atoms with van der Waals surface area (Å²) in [6.45, 7) is 11.2. The summed E-state index contributed by atoms with van der Waals surface area (Å²) in [7, 11) is 1.70. The molecule has 3 aliphatic carbocycles. The third-order valence-corrected chi connectivity index (χ3v) is 12.6. The third kappa shape index (κ3) is 11.4. The van der Waals surface area contributed by atoms with Crippen LogP contribution in [-0.4, -0.2) is 85.3 Å². The van der Waals surface area contributed by atoms with Crippen LogP contribution in [0.5, 0.6) is 0 Å². The van der Waals surface area contributed by atoms with E-state index in [2.05, 4.69) is 33.5 Å². The summed E-state index contributed by atoms with van der Waals surface area (Å²) in [5.41, 5.74) is -0.555. The number of hydrogen-bond donors (Lipinski definition) is 5. The SMILES string of the molecule is CN[C@@H](C)C(=O)N[C@H](C(=O)N1CCC[C@H]1C(=O)N[C@H](CNC(=O)C1CCCCC1C(=O)NC[C@@H](C)C1CCCCC1)C1CCCCC1)C(C)(C)C. The standard InChI is InChI=1S/C40H70N6O5/c1-26(28-16-9-7-10-17-28)24-42-36(48)30-20-13-14-21-31(30)37(49)43-25-32(29-18-11-8-12-19-29)44-38(50)33-22-15-23-46(33)39(51)34(40(3,4)5)45-35(47)27(2)41-6/h26-34,41H,7-25H2,1-6H3,(H,42,48)(H,43,49)(H,44,50)(H,45,47)/t26-,27+,30?,31?,32-,33+,34-/m1/s1. The highest BCUT2D eigenvalue weighted by Gasteiger charge is 2.43. The Bertz CT molecular complexity index is 1180. The molecule has 2 unspecified atom stereocenters. The van der Waals surface area contributed by atoms with E-state index in [9.17, 15) is 24.0 Å². The predicted molar refractivity (Wildman–Crippen MR) is 200 cm³/mol. The summed E-state index contributed by atoms with van der Waals surface area (Å²) in [6.07, 6.45) is 16.2. The Morgan fingerprint density at radius 1 is 0.647 bits per heavy atom. The van der Waals surface area contributed by atoms with Crippen molar-refractivity contribution in [3.63, 3.8) is 0 Å². The van der Waals surface area contributed by atoms with Gasteiger partial charge in [0.1, 0.15) is 12.1 Å². The highest BCUT2D eigenvalue weighted by Crippen LogP contribution is 2.33. The lowest BCUT2D eigenvalue weighted by atomic mass is 9.77. The fourth-order valence-electron chi connectivity index (χ4n) is 9.03. The molecule has 0 bridgehead atoms. The maximum absolute atomic E-state index is 14.0. The van der Waals surface area contributed by atoms with Gasteiger partial charge in [-0.05, 0) is 75.7 Å². The predicted octanol–water partition coefficient (Wildman–Crippen LogP) is 4.44. The minimum atomic E-state index is -0.779. The van der Waals surface area contributed by atoms with E-state index in [0.29, 0.717) is 50.7 Å². The summed E-state index contributed by atoms with van der Waals surface area (Å²) in [5, 5.41) is 15.6. The van der Waals surface area contributed by atoms with Crippen LogP contribution < -0.4 is 26.6 Å². The molecule has 0 radical (unpaired) electrons. The van der Waals surface area contributed by atoms with E-state index in [4.69, 9.17) is 0 Å². The van der Waals surface area contributed by atoms with Gasteiger partial charge in [0.2, 0.25) is 29.5 Å². The maximum atomic E-state index is 14.0. The molecule has 4 aliphatic rings. The summed E-state index contributed by atoms with van der Waals surface area (Å²) >= 11 is 0. The molecule has 1 saturated heterocycles. The molecule has 1 aliphatic heterocycles. The quantitative estimate of drug-likeness (QED) is 0.180. The van der Waals surface area contributed by atoms with E-state index in [1.54, 1.807) is 18.9 Å². The number of likely N-dealkylation sites (tertiary alicyclic amines) is 1. The normalized spacial score (nSPS) is 26.0. The third-order valence-electron chi connectivity index (χ3n) is 12.6. The molecule has 4 rings (SSSR count). The number of rotatable bonds is 14. The van der Waals surface area contributed by atoms with Crippen LogP contribution >= 0.6 is 0 Å². The van der Waals surface area contributed by atoms with Crippen molar-refractivity contribution in [1.29, 1.82) is 0 Å². The van der Waals surface area contributed by atoms with Gasteiger partial charge in [-0.25, -0.2) is 0 Å². The minimum absolute atomic E-state index is 0.00537. The van der Waals surface area contributed by atoms with Gasteiger partial charge in [0.05, 0.1) is 6.04 Å². The molecule has 11 heteroatoms. The van der Waals surface area contributed by atoms with Gasteiger partial charge in [-0.15, -0.1) is 0 Å². The van der Waals surface area contributed by atoms with Crippen LogP contribution in [0.15, 0.2) is 0 Å². The highest BCUT2D eigenvalue weighted by atomic mass is 16.2. The molecule has 0 aromatic carbocycles. The Kier molecular flexibility index (Phi) is 15.6. The molecular weight excluding hydrogens is 644 g/mol. The number of nitrogens with zero attached hydrogens (tertiary/aromatic N) is 1. The van der Waals surface area contributed by atoms with Crippen molar-refractivity contribution in [2.45, 2.75) is 162 Å². The van der Waals surface area contributed by atoms with E-state index in [1.165, 1.54) is 38.5 Å². The van der Waals surface area contributed by atoms with Crippen LogP contribution in [0.25, 0.3) is 0 Å². The summed E-state index contributed by atoms with van der Waals surface area (Å²) in [5.74, 6) is -0.154. The van der Waals surface area contributed by atoms with Crippen molar-refractivity contribution in [1.82, 2.24) is 31.5 Å². The number of hydrogen-bond acceptors (Lipinski definition) is 6. The first-order valence-electron chi connectivity index (χ1n) is 20.5. The Balaban J connectivity index is 1.39. The molecule has 5 amide bonds. The monoisotopic (exact) mass is 715 g/mol. The van der Waals surface area contributed by atoms with Crippen LogP contribution in [0.3, 0.4) is 0 Å². The van der Waals surface area contributed by atoms with E-state index in [0.717, 1.165) is 44.9 Å². The Labute approximate surface area is 307 Å². The second-order valence-electron chi connectivity index (χ2n) is 17.4. The number of carbonyl (C=O) groups is 5. The first-order chi connectivity index (χ1) is 24.3. The van der Waals surface area contributed by atoms with Crippen molar-refractivity contribution in [2.24, 2.45) is 35.0 Å². The smallest absolute Gasteiger partial charge is 0.246 e. The lowest BCUT2D eigenvalue weighted by Gasteiger charge is -2.37. The highest BCUT2D eigenvalue weighted by molar-refractivity contribution is 5.94. The number of carbonyl (C=O) groups excluding carboxylic acids is 5. The van der Waals surface area contributed by atoms with Gasteiger partial charge in [-0.1, -0.05) is 91.9 Å². The van der Waals surface area contributed by atoms with Gasteiger partial charge in [0, 0.05) is 37.5 Å². The van der Waals surface area contributed by atoms with E-state index in [1.807, 2.05) is 20.8 Å².